The molecular formula is C15H17N7S2. The number of nitrogens with two attached hydrogens (primary N) is 1. The summed E-state index contributed by atoms with van der Waals surface area (Å²) >= 11 is 6.45. The van der Waals surface area contributed by atoms with Gasteiger partial charge in [-0.15, -0.1) is 34.6 Å². The molecule has 1 aliphatic heterocycles. The molecule has 0 atom stereocenters. The van der Waals surface area contributed by atoms with Gasteiger partial charge in [0.2, 0.25) is 5.82 Å². The monoisotopic (exact) mass is 359 g/mol. The number of thioether (sulfide) groups is 1. The first-order valence-corrected chi connectivity index (χ1v) is 9.20. The summed E-state index contributed by atoms with van der Waals surface area (Å²) in [5, 5.41) is 19.1. The van der Waals surface area contributed by atoms with Crippen LogP contribution in [-0.4, -0.2) is 42.7 Å². The van der Waals surface area contributed by atoms with Crippen molar-refractivity contribution in [2.75, 3.05) is 12.3 Å². The van der Waals surface area contributed by atoms with E-state index in [4.69, 9.17) is 18.4 Å². The number of hydrogen-bond donors (Lipinski definition) is 3. The van der Waals surface area contributed by atoms with E-state index in [-0.39, 0.29) is 0 Å². The van der Waals surface area contributed by atoms with Crippen LogP contribution in [0.4, 0.5) is 0 Å². The lowest BCUT2D eigenvalue weighted by Crippen LogP contribution is -2.01. The second-order valence-corrected chi connectivity index (χ2v) is 7.12. The molecule has 2 aromatic heterocycles. The Kier molecular flexibility index (Phi) is 4.30. The van der Waals surface area contributed by atoms with Crippen LogP contribution in [-0.2, 0) is 13.0 Å². The molecule has 24 heavy (non-hydrogen) atoms. The molecule has 0 radical (unpaired) electrons. The van der Waals surface area contributed by atoms with Crippen LogP contribution in [0.25, 0.3) is 22.5 Å². The van der Waals surface area contributed by atoms with Gasteiger partial charge in [-0.3, -0.25) is 4.68 Å². The maximum Gasteiger partial charge on any atom is 0.206 e. The average molecular weight is 359 g/mol. The van der Waals surface area contributed by atoms with Gasteiger partial charge < -0.3 is 5.73 Å². The first-order valence-electron chi connectivity index (χ1n) is 7.77. The van der Waals surface area contributed by atoms with E-state index in [1.807, 2.05) is 6.20 Å². The van der Waals surface area contributed by atoms with Crippen molar-refractivity contribution in [2.45, 2.75) is 29.2 Å². The number of rotatable bonds is 5. The van der Waals surface area contributed by atoms with Crippen LogP contribution >= 0.6 is 24.4 Å². The molecule has 4 rings (SSSR count). The number of aromatic nitrogens is 6. The van der Waals surface area contributed by atoms with Gasteiger partial charge >= 0.3 is 0 Å². The van der Waals surface area contributed by atoms with E-state index in [2.05, 4.69) is 42.5 Å². The van der Waals surface area contributed by atoms with Crippen LogP contribution in [0.2, 0.25) is 0 Å². The lowest BCUT2D eigenvalue weighted by molar-refractivity contribution is 0.656. The fourth-order valence-corrected chi connectivity index (χ4v) is 4.29. The van der Waals surface area contributed by atoms with Crippen LogP contribution in [0.15, 0.2) is 28.1 Å². The number of nitrogens with zero attached hydrogens (tertiary/aromatic N) is 5. The van der Waals surface area contributed by atoms with Crippen molar-refractivity contribution in [3.63, 3.8) is 0 Å². The second-order valence-electron chi connectivity index (χ2n) is 5.54. The van der Waals surface area contributed by atoms with Gasteiger partial charge in [-0.2, -0.15) is 10.3 Å². The summed E-state index contributed by atoms with van der Waals surface area (Å²) in [7, 11) is 0. The number of tetrazole rings is 1. The van der Waals surface area contributed by atoms with E-state index >= 15 is 0 Å². The first-order chi connectivity index (χ1) is 11.8. The number of H-pyrrole nitrogens is 1. The van der Waals surface area contributed by atoms with Crippen molar-refractivity contribution in [3.05, 3.63) is 24.0 Å². The molecular weight excluding hydrogens is 342 g/mol. The Labute approximate surface area is 148 Å². The maximum absolute atomic E-state index is 5.63. The third-order valence-corrected chi connectivity index (χ3v) is 5.81. The zero-order valence-corrected chi connectivity index (χ0v) is 14.6. The molecule has 1 aliphatic rings. The summed E-state index contributed by atoms with van der Waals surface area (Å²) in [5.41, 5.74) is 9.94. The van der Waals surface area contributed by atoms with E-state index in [0.29, 0.717) is 12.4 Å². The number of aromatic amines is 1. The number of aryl methyl sites for hydroxylation is 1. The van der Waals surface area contributed by atoms with E-state index in [0.717, 1.165) is 51.6 Å². The summed E-state index contributed by atoms with van der Waals surface area (Å²) in [4.78, 5) is 1.92. The highest BCUT2D eigenvalue weighted by molar-refractivity contribution is 7.99. The van der Waals surface area contributed by atoms with Crippen molar-refractivity contribution in [2.24, 2.45) is 5.73 Å². The predicted octanol–water partition coefficient (Wildman–Crippen LogP) is 2.02. The van der Waals surface area contributed by atoms with Gasteiger partial charge in [-0.1, -0.05) is 6.07 Å². The Bertz CT molecular complexity index is 857. The van der Waals surface area contributed by atoms with Gasteiger partial charge in [0.1, 0.15) is 0 Å². The Morgan fingerprint density at radius 2 is 2.25 bits per heavy atom. The normalized spacial score (nSPS) is 13.4. The molecule has 124 valence electrons. The topological polar surface area (TPSA) is 98.3 Å². The molecule has 1 aromatic carbocycles. The van der Waals surface area contributed by atoms with Gasteiger partial charge in [-0.25, -0.2) is 0 Å². The number of hydrogen-bond acceptors (Lipinski definition) is 7. The minimum Gasteiger partial charge on any atom is -0.330 e. The molecule has 0 saturated carbocycles. The zero-order chi connectivity index (χ0) is 16.5. The zero-order valence-electron chi connectivity index (χ0n) is 12.9. The third-order valence-electron chi connectivity index (χ3n) is 4.11. The Morgan fingerprint density at radius 3 is 3.04 bits per heavy atom. The fraction of sp³-hybridized carbons (Fsp3) is 0.333. The summed E-state index contributed by atoms with van der Waals surface area (Å²) in [5.74, 6) is 1.38. The van der Waals surface area contributed by atoms with Gasteiger partial charge in [0.15, 0.2) is 0 Å². The van der Waals surface area contributed by atoms with Crippen LogP contribution in [0.3, 0.4) is 0 Å². The van der Waals surface area contributed by atoms with Crippen molar-refractivity contribution < 1.29 is 0 Å². The molecule has 0 saturated heterocycles. The molecule has 9 heteroatoms. The van der Waals surface area contributed by atoms with Crippen LogP contribution in [0, 0.1) is 0 Å². The van der Waals surface area contributed by atoms with Crippen LogP contribution < -0.4 is 5.73 Å². The number of benzene rings is 1. The Morgan fingerprint density at radius 1 is 1.33 bits per heavy atom. The van der Waals surface area contributed by atoms with Gasteiger partial charge in [0.25, 0.3) is 0 Å². The van der Waals surface area contributed by atoms with E-state index in [1.54, 1.807) is 11.8 Å². The number of fused-ring (bicyclic) bond motifs is 1. The predicted molar refractivity (Wildman–Crippen MR) is 96.2 cm³/mol. The van der Waals surface area contributed by atoms with Crippen LogP contribution in [0.5, 0.6) is 0 Å². The standard InChI is InChI=1S/C15H17N7S2/c16-5-7-24-12-4-3-9(10-8-17-22-6-1-2-11(10)22)13(14(12)23)15-18-20-21-19-15/h3-4,8,23H,1-2,5-7,16H2,(H,18,19,20,21). The highest BCUT2D eigenvalue weighted by Gasteiger charge is 2.23. The Balaban J connectivity index is 1.89. The van der Waals surface area contributed by atoms with E-state index in [1.165, 1.54) is 5.69 Å². The molecule has 3 heterocycles. The lowest BCUT2D eigenvalue weighted by atomic mass is 9.98. The van der Waals surface area contributed by atoms with E-state index < -0.39 is 0 Å². The van der Waals surface area contributed by atoms with Gasteiger partial charge in [0, 0.05) is 45.5 Å². The summed E-state index contributed by atoms with van der Waals surface area (Å²) < 4.78 is 2.07. The third kappa shape index (κ3) is 2.62. The molecule has 0 spiro atoms. The average Bonchev–Trinajstić information content (AvgIpc) is 3.31. The van der Waals surface area contributed by atoms with E-state index in [9.17, 15) is 0 Å². The largest absolute Gasteiger partial charge is 0.330 e. The summed E-state index contributed by atoms with van der Waals surface area (Å²) in [6.07, 6.45) is 4.09. The minimum atomic E-state index is 0.545. The molecule has 0 unspecified atom stereocenters. The van der Waals surface area contributed by atoms with Crippen molar-refractivity contribution in [1.29, 1.82) is 0 Å². The lowest BCUT2D eigenvalue weighted by Gasteiger charge is -2.13. The number of nitrogens with one attached hydrogen (secondary N) is 1. The number of thiol groups is 1. The molecule has 0 bridgehead atoms. The smallest absolute Gasteiger partial charge is 0.206 e. The second kappa shape index (κ2) is 6.58. The van der Waals surface area contributed by atoms with Crippen LogP contribution in [0.1, 0.15) is 12.1 Å². The van der Waals surface area contributed by atoms with Crippen molar-refractivity contribution >= 4 is 24.4 Å². The molecule has 3 N–H and O–H groups in total. The summed E-state index contributed by atoms with van der Waals surface area (Å²) in [6.45, 7) is 1.60. The molecule has 3 aromatic rings. The first kappa shape index (κ1) is 15.7. The fourth-order valence-electron chi connectivity index (χ4n) is 3.06. The SMILES string of the molecule is NCCSc1ccc(-c2cnn3c2CCC3)c(-c2nn[nH]n2)c1S. The highest BCUT2D eigenvalue weighted by Crippen LogP contribution is 2.41. The van der Waals surface area contributed by atoms with Gasteiger partial charge in [-0.05, 0) is 29.7 Å². The molecule has 0 fully saturated rings. The Hall–Kier alpha value is -1.84. The minimum absolute atomic E-state index is 0.545. The van der Waals surface area contributed by atoms with Gasteiger partial charge in [0.05, 0.1) is 6.20 Å². The highest BCUT2D eigenvalue weighted by atomic mass is 32.2. The van der Waals surface area contributed by atoms with Crippen molar-refractivity contribution in [3.8, 4) is 22.5 Å². The molecule has 7 nitrogen and oxygen atoms in total. The quantitative estimate of drug-likeness (QED) is 0.476. The maximum atomic E-state index is 5.63. The molecule has 0 aliphatic carbocycles. The van der Waals surface area contributed by atoms with Crippen molar-refractivity contribution in [1.82, 2.24) is 30.4 Å². The molecule has 0 amide bonds. The summed E-state index contributed by atoms with van der Waals surface area (Å²) in [6, 6.07) is 4.18.